The van der Waals surface area contributed by atoms with Gasteiger partial charge in [-0.2, -0.15) is 5.26 Å². The number of rotatable bonds is 3. The number of hydrogen-bond donors (Lipinski definition) is 0. The summed E-state index contributed by atoms with van der Waals surface area (Å²) in [4.78, 5) is 4.74. The van der Waals surface area contributed by atoms with Crippen molar-refractivity contribution in [2.75, 3.05) is 27.2 Å². The van der Waals surface area contributed by atoms with Crippen molar-refractivity contribution in [2.24, 2.45) is 0 Å². The van der Waals surface area contributed by atoms with Gasteiger partial charge in [0.05, 0.1) is 11.6 Å². The minimum atomic E-state index is 0.624. The van der Waals surface area contributed by atoms with Gasteiger partial charge in [-0.15, -0.1) is 0 Å². The molecule has 1 aliphatic rings. The molecule has 0 aliphatic carbocycles. The van der Waals surface area contributed by atoms with Crippen molar-refractivity contribution in [3.05, 3.63) is 34.3 Å². The third-order valence-corrected chi connectivity index (χ3v) is 4.14. The van der Waals surface area contributed by atoms with Gasteiger partial charge in [0.25, 0.3) is 0 Å². The summed E-state index contributed by atoms with van der Waals surface area (Å²) < 4.78 is 0. The molecule has 1 fully saturated rings. The Bertz CT molecular complexity index is 479. The number of halogens is 1. The molecule has 0 amide bonds. The summed E-state index contributed by atoms with van der Waals surface area (Å²) in [6, 6.07) is 8.31. The van der Waals surface area contributed by atoms with E-state index in [9.17, 15) is 0 Å². The van der Waals surface area contributed by atoms with Crippen molar-refractivity contribution in [1.29, 1.82) is 5.26 Å². The first kappa shape index (κ1) is 14.3. The molecule has 1 aliphatic heterocycles. The maximum atomic E-state index is 8.85. The fourth-order valence-corrected chi connectivity index (χ4v) is 2.82. The van der Waals surface area contributed by atoms with Crippen molar-refractivity contribution in [3.63, 3.8) is 0 Å². The number of piperidine rings is 1. The van der Waals surface area contributed by atoms with Crippen LogP contribution in [0.4, 0.5) is 0 Å². The third-order valence-electron chi connectivity index (χ3n) is 3.79. The van der Waals surface area contributed by atoms with E-state index >= 15 is 0 Å². The summed E-state index contributed by atoms with van der Waals surface area (Å²) in [6.45, 7) is 3.08. The zero-order valence-electron chi connectivity index (χ0n) is 11.6. The quantitative estimate of drug-likeness (QED) is 0.851. The van der Waals surface area contributed by atoms with Crippen molar-refractivity contribution in [2.45, 2.75) is 25.4 Å². The van der Waals surface area contributed by atoms with Crippen molar-refractivity contribution in [1.82, 2.24) is 9.80 Å². The molecule has 0 radical (unpaired) electrons. The molecule has 1 heterocycles. The standard InChI is InChI=1S/C15H20ClN3/c1-18(2)14-4-3-7-19(11-14)10-13-6-5-12(9-17)8-15(13)16/h5-6,8,14H,3-4,7,10-11H2,1-2H3. The Morgan fingerprint density at radius 3 is 2.89 bits per heavy atom. The lowest BCUT2D eigenvalue weighted by Gasteiger charge is -2.36. The minimum Gasteiger partial charge on any atom is -0.305 e. The molecule has 0 spiro atoms. The molecule has 1 saturated heterocycles. The van der Waals surface area contributed by atoms with Gasteiger partial charge in [0, 0.05) is 24.2 Å². The van der Waals surface area contributed by atoms with Crippen molar-refractivity contribution < 1.29 is 0 Å². The molecule has 1 aromatic rings. The Labute approximate surface area is 120 Å². The fourth-order valence-electron chi connectivity index (χ4n) is 2.58. The molecule has 2 rings (SSSR count). The molecule has 1 atom stereocenters. The summed E-state index contributed by atoms with van der Waals surface area (Å²) in [5.74, 6) is 0. The van der Waals surface area contributed by atoms with E-state index in [-0.39, 0.29) is 0 Å². The second-order valence-corrected chi connectivity index (χ2v) is 5.82. The Kier molecular flexibility index (Phi) is 4.81. The zero-order chi connectivity index (χ0) is 13.8. The van der Waals surface area contributed by atoms with Gasteiger partial charge in [0.2, 0.25) is 0 Å². The van der Waals surface area contributed by atoms with E-state index in [1.54, 1.807) is 6.07 Å². The average molecular weight is 278 g/mol. The second kappa shape index (κ2) is 6.38. The fraction of sp³-hybridized carbons (Fsp3) is 0.533. The van der Waals surface area contributed by atoms with Crippen LogP contribution < -0.4 is 0 Å². The first-order chi connectivity index (χ1) is 9.10. The molecule has 1 unspecified atom stereocenters. The van der Waals surface area contributed by atoms with Crippen molar-refractivity contribution in [3.8, 4) is 6.07 Å². The topological polar surface area (TPSA) is 30.3 Å². The van der Waals surface area contributed by atoms with Crippen LogP contribution in [0.15, 0.2) is 18.2 Å². The molecule has 4 heteroatoms. The summed E-state index contributed by atoms with van der Waals surface area (Å²) in [5.41, 5.74) is 1.73. The van der Waals surface area contributed by atoms with Crippen LogP contribution in [0.1, 0.15) is 24.0 Å². The van der Waals surface area contributed by atoms with Gasteiger partial charge in [-0.3, -0.25) is 4.90 Å². The van der Waals surface area contributed by atoms with E-state index in [0.29, 0.717) is 16.6 Å². The zero-order valence-corrected chi connectivity index (χ0v) is 12.3. The van der Waals surface area contributed by atoms with Gasteiger partial charge in [-0.25, -0.2) is 0 Å². The SMILES string of the molecule is CN(C)C1CCCN(Cc2ccc(C#N)cc2Cl)C1. The highest BCUT2D eigenvalue weighted by Crippen LogP contribution is 2.22. The number of hydrogen-bond acceptors (Lipinski definition) is 3. The summed E-state index contributed by atoms with van der Waals surface area (Å²) >= 11 is 6.24. The van der Waals surface area contributed by atoms with E-state index in [4.69, 9.17) is 16.9 Å². The molecule has 102 valence electrons. The Balaban J connectivity index is 2.03. The Morgan fingerprint density at radius 1 is 1.47 bits per heavy atom. The number of likely N-dealkylation sites (N-methyl/N-ethyl adjacent to an activating group) is 1. The highest BCUT2D eigenvalue weighted by molar-refractivity contribution is 6.31. The van der Waals surface area contributed by atoms with E-state index in [2.05, 4.69) is 30.0 Å². The molecule has 19 heavy (non-hydrogen) atoms. The molecular weight excluding hydrogens is 258 g/mol. The van der Waals surface area contributed by atoms with Gasteiger partial charge >= 0.3 is 0 Å². The Morgan fingerprint density at radius 2 is 2.26 bits per heavy atom. The lowest BCUT2D eigenvalue weighted by molar-refractivity contribution is 0.128. The predicted molar refractivity (Wildman–Crippen MR) is 78.2 cm³/mol. The maximum Gasteiger partial charge on any atom is 0.0992 e. The first-order valence-electron chi connectivity index (χ1n) is 6.67. The van der Waals surface area contributed by atoms with Crippen LogP contribution in [0.3, 0.4) is 0 Å². The number of benzene rings is 1. The smallest absolute Gasteiger partial charge is 0.0992 e. The van der Waals surface area contributed by atoms with Gasteiger partial charge < -0.3 is 4.90 Å². The molecule has 0 bridgehead atoms. The van der Waals surface area contributed by atoms with Gasteiger partial charge in [-0.05, 0) is 51.2 Å². The lowest BCUT2D eigenvalue weighted by atomic mass is 10.0. The Hall–Kier alpha value is -1.08. The minimum absolute atomic E-state index is 0.624. The van der Waals surface area contributed by atoms with E-state index in [0.717, 1.165) is 25.2 Å². The lowest BCUT2D eigenvalue weighted by Crippen LogP contribution is -2.44. The van der Waals surface area contributed by atoms with Crippen LogP contribution in [0.2, 0.25) is 5.02 Å². The molecule has 0 aromatic heterocycles. The van der Waals surface area contributed by atoms with Crippen LogP contribution in [-0.4, -0.2) is 43.0 Å². The maximum absolute atomic E-state index is 8.85. The number of nitriles is 1. The van der Waals surface area contributed by atoms with E-state index in [1.807, 2.05) is 12.1 Å². The van der Waals surface area contributed by atoms with E-state index in [1.165, 1.54) is 12.8 Å². The molecule has 1 aromatic carbocycles. The monoisotopic (exact) mass is 277 g/mol. The van der Waals surface area contributed by atoms with Gasteiger partial charge in [0.1, 0.15) is 0 Å². The highest BCUT2D eigenvalue weighted by atomic mass is 35.5. The van der Waals surface area contributed by atoms with Crippen molar-refractivity contribution >= 4 is 11.6 Å². The van der Waals surface area contributed by atoms with Crippen LogP contribution >= 0.6 is 11.6 Å². The molecular formula is C15H20ClN3. The number of likely N-dealkylation sites (tertiary alicyclic amines) is 1. The third kappa shape index (κ3) is 3.70. The molecule has 0 N–H and O–H groups in total. The van der Waals surface area contributed by atoms with Crippen LogP contribution in [0.25, 0.3) is 0 Å². The summed E-state index contributed by atoms with van der Waals surface area (Å²) in [6.07, 6.45) is 2.50. The summed E-state index contributed by atoms with van der Waals surface area (Å²) in [5, 5.41) is 9.55. The number of nitrogens with zero attached hydrogens (tertiary/aromatic N) is 3. The van der Waals surface area contributed by atoms with E-state index < -0.39 is 0 Å². The van der Waals surface area contributed by atoms with Crippen LogP contribution in [0, 0.1) is 11.3 Å². The summed E-state index contributed by atoms with van der Waals surface area (Å²) in [7, 11) is 4.28. The normalized spacial score (nSPS) is 20.5. The largest absolute Gasteiger partial charge is 0.305 e. The van der Waals surface area contributed by atoms with Crippen LogP contribution in [-0.2, 0) is 6.54 Å². The van der Waals surface area contributed by atoms with Gasteiger partial charge in [-0.1, -0.05) is 17.7 Å². The second-order valence-electron chi connectivity index (χ2n) is 5.41. The predicted octanol–water partition coefficient (Wildman–Crippen LogP) is 2.74. The highest BCUT2D eigenvalue weighted by Gasteiger charge is 2.21. The molecule has 3 nitrogen and oxygen atoms in total. The molecule has 0 saturated carbocycles. The first-order valence-corrected chi connectivity index (χ1v) is 7.05. The average Bonchev–Trinajstić information content (AvgIpc) is 2.41. The van der Waals surface area contributed by atoms with Gasteiger partial charge in [0.15, 0.2) is 0 Å². The van der Waals surface area contributed by atoms with Crippen LogP contribution in [0.5, 0.6) is 0 Å².